The number of H-pyrrole nitrogens is 1. The molecule has 164 valence electrons. The van der Waals surface area contributed by atoms with Gasteiger partial charge in [-0.15, -0.1) is 10.2 Å². The van der Waals surface area contributed by atoms with Gasteiger partial charge in [-0.3, -0.25) is 14.7 Å². The number of aryl methyl sites for hydroxylation is 2. The van der Waals surface area contributed by atoms with Crippen LogP contribution in [0.15, 0.2) is 78.0 Å². The van der Waals surface area contributed by atoms with Gasteiger partial charge in [-0.05, 0) is 55.3 Å². The number of aromatic amines is 1. The molecule has 5 aromatic rings. The molecule has 0 saturated heterocycles. The third kappa shape index (κ3) is 4.38. The molecule has 0 fully saturated rings. The van der Waals surface area contributed by atoms with E-state index in [1.807, 2.05) is 59.2 Å². The summed E-state index contributed by atoms with van der Waals surface area (Å²) in [6, 6.07) is 23.8. The first kappa shape index (κ1) is 21.0. The number of nitrogens with zero attached hydrogens (tertiary/aromatic N) is 4. The lowest BCUT2D eigenvalue weighted by Crippen LogP contribution is -2.15. The largest absolute Gasteiger partial charge is 0.324 e. The molecular weight excluding hydrogens is 432 g/mol. The van der Waals surface area contributed by atoms with Gasteiger partial charge in [0, 0.05) is 11.3 Å². The zero-order chi connectivity index (χ0) is 22.8. The molecule has 2 heterocycles. The second-order valence-corrected chi connectivity index (χ2v) is 8.66. The SMILES string of the molecule is Cc1ccc(-c2nnc(SCC(=O)Nc3nc4ccccc4[nH]3)n2-c2ccccc2)cc1C. The number of benzene rings is 3. The normalized spacial score (nSPS) is 11.1. The van der Waals surface area contributed by atoms with E-state index in [1.165, 1.54) is 22.9 Å². The molecule has 2 N–H and O–H groups in total. The molecule has 0 spiro atoms. The topological polar surface area (TPSA) is 88.5 Å². The molecular formula is C25H22N6OS. The predicted octanol–water partition coefficient (Wildman–Crippen LogP) is 5.16. The number of fused-ring (bicyclic) bond motifs is 1. The molecule has 0 atom stereocenters. The molecule has 0 saturated carbocycles. The van der Waals surface area contributed by atoms with E-state index in [1.54, 1.807) is 0 Å². The highest BCUT2D eigenvalue weighted by molar-refractivity contribution is 7.99. The minimum atomic E-state index is -0.172. The number of imidazole rings is 1. The number of anilines is 1. The van der Waals surface area contributed by atoms with Crippen molar-refractivity contribution >= 4 is 34.7 Å². The Kier molecular flexibility index (Phi) is 5.66. The Hall–Kier alpha value is -3.91. The first-order valence-electron chi connectivity index (χ1n) is 10.5. The van der Waals surface area contributed by atoms with Crippen LogP contribution in [-0.2, 0) is 4.79 Å². The van der Waals surface area contributed by atoms with Crippen molar-refractivity contribution in [1.82, 2.24) is 24.7 Å². The monoisotopic (exact) mass is 454 g/mol. The Morgan fingerprint density at radius 1 is 0.970 bits per heavy atom. The maximum Gasteiger partial charge on any atom is 0.237 e. The van der Waals surface area contributed by atoms with Gasteiger partial charge in [0.15, 0.2) is 11.0 Å². The second kappa shape index (κ2) is 8.91. The third-order valence-electron chi connectivity index (χ3n) is 5.39. The van der Waals surface area contributed by atoms with Crippen molar-refractivity contribution < 1.29 is 4.79 Å². The molecule has 2 aromatic heterocycles. The van der Waals surface area contributed by atoms with Crippen LogP contribution in [0.2, 0.25) is 0 Å². The molecule has 1 amide bonds. The van der Waals surface area contributed by atoms with Crippen molar-refractivity contribution in [1.29, 1.82) is 0 Å². The Morgan fingerprint density at radius 3 is 2.55 bits per heavy atom. The molecule has 33 heavy (non-hydrogen) atoms. The molecule has 8 heteroatoms. The average molecular weight is 455 g/mol. The highest BCUT2D eigenvalue weighted by Gasteiger charge is 2.18. The van der Waals surface area contributed by atoms with Gasteiger partial charge < -0.3 is 4.98 Å². The number of para-hydroxylation sites is 3. The van der Waals surface area contributed by atoms with Gasteiger partial charge in [-0.25, -0.2) is 4.98 Å². The van der Waals surface area contributed by atoms with Crippen molar-refractivity contribution in [3.05, 3.63) is 83.9 Å². The van der Waals surface area contributed by atoms with Crippen LogP contribution in [-0.4, -0.2) is 36.4 Å². The number of carbonyl (C=O) groups is 1. The van der Waals surface area contributed by atoms with Gasteiger partial charge in [0.05, 0.1) is 16.8 Å². The zero-order valence-corrected chi connectivity index (χ0v) is 19.1. The number of aromatic nitrogens is 5. The summed E-state index contributed by atoms with van der Waals surface area (Å²) in [5.74, 6) is 1.18. The number of rotatable bonds is 6. The van der Waals surface area contributed by atoms with E-state index in [4.69, 9.17) is 0 Å². The number of carbonyl (C=O) groups excluding carboxylic acids is 1. The van der Waals surface area contributed by atoms with E-state index in [0.717, 1.165) is 28.1 Å². The van der Waals surface area contributed by atoms with Gasteiger partial charge in [0.25, 0.3) is 0 Å². The highest BCUT2D eigenvalue weighted by atomic mass is 32.2. The molecule has 0 aliphatic carbocycles. The Morgan fingerprint density at radius 2 is 1.76 bits per heavy atom. The first-order chi connectivity index (χ1) is 16.1. The molecule has 0 aliphatic heterocycles. The molecule has 0 aliphatic rings. The first-order valence-corrected chi connectivity index (χ1v) is 11.5. The minimum absolute atomic E-state index is 0.172. The van der Waals surface area contributed by atoms with Crippen LogP contribution in [0, 0.1) is 13.8 Å². The molecule has 0 unspecified atom stereocenters. The number of hydrogen-bond acceptors (Lipinski definition) is 5. The lowest BCUT2D eigenvalue weighted by Gasteiger charge is -2.11. The van der Waals surface area contributed by atoms with Gasteiger partial charge in [0.2, 0.25) is 11.9 Å². The van der Waals surface area contributed by atoms with Crippen molar-refractivity contribution in [2.45, 2.75) is 19.0 Å². The van der Waals surface area contributed by atoms with Crippen molar-refractivity contribution in [3.8, 4) is 17.1 Å². The average Bonchev–Trinajstić information content (AvgIpc) is 3.43. The van der Waals surface area contributed by atoms with Crippen LogP contribution in [0.1, 0.15) is 11.1 Å². The van der Waals surface area contributed by atoms with E-state index in [0.29, 0.717) is 11.1 Å². The van der Waals surface area contributed by atoms with Crippen molar-refractivity contribution in [2.24, 2.45) is 0 Å². The molecule has 7 nitrogen and oxygen atoms in total. The van der Waals surface area contributed by atoms with E-state index in [2.05, 4.69) is 57.5 Å². The fourth-order valence-corrected chi connectivity index (χ4v) is 4.30. The summed E-state index contributed by atoms with van der Waals surface area (Å²) in [5.41, 5.74) is 6.02. The molecule has 0 bridgehead atoms. The quantitative estimate of drug-likeness (QED) is 0.346. The zero-order valence-electron chi connectivity index (χ0n) is 18.2. The van der Waals surface area contributed by atoms with Gasteiger partial charge in [-0.1, -0.05) is 54.2 Å². The maximum absolute atomic E-state index is 12.6. The summed E-state index contributed by atoms with van der Waals surface area (Å²) in [5, 5.41) is 12.3. The van der Waals surface area contributed by atoms with E-state index in [-0.39, 0.29) is 11.7 Å². The Balaban J connectivity index is 1.40. The lowest BCUT2D eigenvalue weighted by atomic mass is 10.1. The van der Waals surface area contributed by atoms with Crippen molar-refractivity contribution in [2.75, 3.05) is 11.1 Å². The summed E-state index contributed by atoms with van der Waals surface area (Å²) in [6.07, 6.45) is 0. The van der Waals surface area contributed by atoms with Crippen LogP contribution < -0.4 is 5.32 Å². The number of hydrogen-bond donors (Lipinski definition) is 2. The van der Waals surface area contributed by atoms with Gasteiger partial charge >= 0.3 is 0 Å². The van der Waals surface area contributed by atoms with Crippen LogP contribution >= 0.6 is 11.8 Å². The van der Waals surface area contributed by atoms with Gasteiger partial charge in [-0.2, -0.15) is 0 Å². The lowest BCUT2D eigenvalue weighted by molar-refractivity contribution is -0.113. The summed E-state index contributed by atoms with van der Waals surface area (Å²) >= 11 is 1.33. The Labute approximate surface area is 195 Å². The number of nitrogens with one attached hydrogen (secondary N) is 2. The van der Waals surface area contributed by atoms with Crippen LogP contribution in [0.25, 0.3) is 28.1 Å². The summed E-state index contributed by atoms with van der Waals surface area (Å²) in [6.45, 7) is 4.17. The van der Waals surface area contributed by atoms with Crippen LogP contribution in [0.3, 0.4) is 0 Å². The minimum Gasteiger partial charge on any atom is -0.324 e. The van der Waals surface area contributed by atoms with E-state index >= 15 is 0 Å². The number of amides is 1. The third-order valence-corrected chi connectivity index (χ3v) is 6.32. The van der Waals surface area contributed by atoms with Gasteiger partial charge in [0.1, 0.15) is 0 Å². The van der Waals surface area contributed by atoms with Crippen LogP contribution in [0.4, 0.5) is 5.95 Å². The summed E-state index contributed by atoms with van der Waals surface area (Å²) < 4.78 is 1.99. The highest BCUT2D eigenvalue weighted by Crippen LogP contribution is 2.29. The van der Waals surface area contributed by atoms with E-state index < -0.39 is 0 Å². The standard InChI is InChI=1S/C25H22N6OS/c1-16-12-13-18(14-17(16)2)23-29-30-25(31(23)19-8-4-3-5-9-19)33-15-22(32)28-24-26-20-10-6-7-11-21(20)27-24/h3-14H,15H2,1-2H3,(H2,26,27,28,32). The molecule has 0 radical (unpaired) electrons. The smallest absolute Gasteiger partial charge is 0.237 e. The second-order valence-electron chi connectivity index (χ2n) is 7.72. The predicted molar refractivity (Wildman–Crippen MR) is 132 cm³/mol. The maximum atomic E-state index is 12.6. The number of thioether (sulfide) groups is 1. The van der Waals surface area contributed by atoms with Crippen molar-refractivity contribution in [3.63, 3.8) is 0 Å². The summed E-state index contributed by atoms with van der Waals surface area (Å²) in [4.78, 5) is 20.1. The fraction of sp³-hybridized carbons (Fsp3) is 0.120. The molecule has 3 aromatic carbocycles. The van der Waals surface area contributed by atoms with Crippen LogP contribution in [0.5, 0.6) is 0 Å². The summed E-state index contributed by atoms with van der Waals surface area (Å²) in [7, 11) is 0. The molecule has 5 rings (SSSR count). The Bertz CT molecular complexity index is 1410. The van der Waals surface area contributed by atoms with E-state index in [9.17, 15) is 4.79 Å². The fourth-order valence-electron chi connectivity index (χ4n) is 3.55.